The first-order valence-corrected chi connectivity index (χ1v) is 9.18. The largest absolute Gasteiger partial charge is 0.452 e. The monoisotopic (exact) mass is 360 g/mol. The minimum Gasteiger partial charge on any atom is -0.452 e. The number of nitrogens with one attached hydrogen (secondary N) is 1. The molecule has 1 atom stereocenters. The van der Waals surface area contributed by atoms with E-state index in [2.05, 4.69) is 10.3 Å². The van der Waals surface area contributed by atoms with Gasteiger partial charge < -0.3 is 10.1 Å². The zero-order valence-corrected chi connectivity index (χ0v) is 14.3. The molecule has 0 bridgehead atoms. The van der Waals surface area contributed by atoms with Crippen molar-refractivity contribution >= 4 is 33.3 Å². The third-order valence-corrected chi connectivity index (χ3v) is 5.48. The SMILES string of the molecule is Cc1cc(C)c(C(=O)OCC(=O)N[C@H]2CCS(=O)(=O)C2)c(Cl)n1. The summed E-state index contributed by atoms with van der Waals surface area (Å²) in [6.07, 6.45) is 0.370. The first-order valence-electron chi connectivity index (χ1n) is 6.98. The quantitative estimate of drug-likeness (QED) is 0.629. The number of amides is 1. The second-order valence-corrected chi connectivity index (χ2v) is 8.08. The molecule has 1 aliphatic rings. The number of rotatable bonds is 4. The van der Waals surface area contributed by atoms with E-state index in [0.29, 0.717) is 17.7 Å². The number of pyridine rings is 1. The van der Waals surface area contributed by atoms with Crippen LogP contribution in [0, 0.1) is 13.8 Å². The van der Waals surface area contributed by atoms with Crippen LogP contribution in [0.3, 0.4) is 0 Å². The molecule has 0 radical (unpaired) electrons. The van der Waals surface area contributed by atoms with Crippen molar-refractivity contribution in [3.63, 3.8) is 0 Å². The third kappa shape index (κ3) is 4.65. The second-order valence-electron chi connectivity index (χ2n) is 5.49. The lowest BCUT2D eigenvalue weighted by Gasteiger charge is -2.12. The lowest BCUT2D eigenvalue weighted by molar-refractivity contribution is -0.124. The highest BCUT2D eigenvalue weighted by atomic mass is 35.5. The number of carbonyl (C=O) groups excluding carboxylic acids is 2. The number of sulfone groups is 1. The molecule has 2 heterocycles. The van der Waals surface area contributed by atoms with Gasteiger partial charge in [0.2, 0.25) is 0 Å². The Hall–Kier alpha value is -1.67. The molecule has 1 N–H and O–H groups in total. The van der Waals surface area contributed by atoms with Crippen LogP contribution in [0.4, 0.5) is 0 Å². The van der Waals surface area contributed by atoms with Gasteiger partial charge in [0.25, 0.3) is 5.91 Å². The molecule has 1 saturated heterocycles. The van der Waals surface area contributed by atoms with E-state index >= 15 is 0 Å². The number of halogens is 1. The van der Waals surface area contributed by atoms with Gasteiger partial charge in [0, 0.05) is 11.7 Å². The maximum Gasteiger partial charge on any atom is 0.342 e. The lowest BCUT2D eigenvalue weighted by Crippen LogP contribution is -2.38. The number of hydrogen-bond donors (Lipinski definition) is 1. The van der Waals surface area contributed by atoms with Crippen molar-refractivity contribution in [1.29, 1.82) is 0 Å². The van der Waals surface area contributed by atoms with Crippen LogP contribution in [0.2, 0.25) is 5.15 Å². The smallest absolute Gasteiger partial charge is 0.342 e. The normalized spacial score (nSPS) is 19.3. The Morgan fingerprint density at radius 3 is 2.70 bits per heavy atom. The van der Waals surface area contributed by atoms with E-state index in [1.807, 2.05) is 0 Å². The number of ether oxygens (including phenoxy) is 1. The summed E-state index contributed by atoms with van der Waals surface area (Å²) in [6.45, 7) is 2.94. The molecule has 1 aromatic rings. The van der Waals surface area contributed by atoms with E-state index in [1.165, 1.54) is 0 Å². The van der Waals surface area contributed by atoms with Crippen molar-refractivity contribution in [2.24, 2.45) is 0 Å². The van der Waals surface area contributed by atoms with E-state index in [-0.39, 0.29) is 22.2 Å². The molecule has 126 valence electrons. The number of aromatic nitrogens is 1. The number of carbonyl (C=O) groups is 2. The predicted molar refractivity (Wildman–Crippen MR) is 84.2 cm³/mol. The summed E-state index contributed by atoms with van der Waals surface area (Å²) >= 11 is 5.93. The molecule has 0 aromatic carbocycles. The molecule has 7 nitrogen and oxygen atoms in total. The first kappa shape index (κ1) is 17.7. The number of nitrogens with zero attached hydrogens (tertiary/aromatic N) is 1. The Bertz CT molecular complexity index is 725. The van der Waals surface area contributed by atoms with Crippen LogP contribution in [0.15, 0.2) is 6.07 Å². The highest BCUT2D eigenvalue weighted by Gasteiger charge is 2.29. The lowest BCUT2D eigenvalue weighted by atomic mass is 10.1. The van der Waals surface area contributed by atoms with Gasteiger partial charge in [-0.1, -0.05) is 11.6 Å². The molecule has 0 spiro atoms. The molecule has 1 aromatic heterocycles. The molecule has 9 heteroatoms. The van der Waals surface area contributed by atoms with E-state index in [1.54, 1.807) is 19.9 Å². The highest BCUT2D eigenvalue weighted by Crippen LogP contribution is 2.19. The second kappa shape index (κ2) is 6.84. The third-order valence-electron chi connectivity index (χ3n) is 3.44. The standard InChI is InChI=1S/C14H17ClN2O5S/c1-8-5-9(2)16-13(15)12(8)14(19)22-6-11(18)17-10-3-4-23(20,21)7-10/h5,10H,3-4,6-7H2,1-2H3,(H,17,18)/t10-/m0/s1. The average molecular weight is 361 g/mol. The van der Waals surface area contributed by atoms with Gasteiger partial charge in [0.1, 0.15) is 5.15 Å². The van der Waals surface area contributed by atoms with Crippen molar-refractivity contribution in [2.45, 2.75) is 26.3 Å². The molecule has 0 aliphatic carbocycles. The fourth-order valence-corrected chi connectivity index (χ4v) is 4.45. The molecule has 0 saturated carbocycles. The van der Waals surface area contributed by atoms with Gasteiger partial charge in [-0.3, -0.25) is 4.79 Å². The highest BCUT2D eigenvalue weighted by molar-refractivity contribution is 7.91. The van der Waals surface area contributed by atoms with Crippen LogP contribution in [-0.2, 0) is 19.4 Å². The van der Waals surface area contributed by atoms with Gasteiger partial charge in [0.15, 0.2) is 16.4 Å². The van der Waals surface area contributed by atoms with Gasteiger partial charge in [-0.15, -0.1) is 0 Å². The van der Waals surface area contributed by atoms with Gasteiger partial charge >= 0.3 is 5.97 Å². The topological polar surface area (TPSA) is 102 Å². The Kier molecular flexibility index (Phi) is 5.26. The van der Waals surface area contributed by atoms with E-state index in [4.69, 9.17) is 16.3 Å². The van der Waals surface area contributed by atoms with E-state index in [0.717, 1.165) is 0 Å². The Morgan fingerprint density at radius 1 is 1.43 bits per heavy atom. The predicted octanol–water partition coefficient (Wildman–Crippen LogP) is 0.812. The van der Waals surface area contributed by atoms with Gasteiger partial charge in [-0.2, -0.15) is 0 Å². The minimum absolute atomic E-state index is 0.0230. The van der Waals surface area contributed by atoms with Crippen molar-refractivity contribution in [3.8, 4) is 0 Å². The summed E-state index contributed by atoms with van der Waals surface area (Å²) in [5, 5.41) is 2.56. The van der Waals surface area contributed by atoms with E-state index in [9.17, 15) is 18.0 Å². The van der Waals surface area contributed by atoms with Crippen molar-refractivity contribution < 1.29 is 22.7 Å². The number of hydrogen-bond acceptors (Lipinski definition) is 6. The number of aryl methyl sites for hydroxylation is 2. The molecule has 1 aliphatic heterocycles. The van der Waals surface area contributed by atoms with Gasteiger partial charge in [-0.25, -0.2) is 18.2 Å². The Morgan fingerprint density at radius 2 is 2.13 bits per heavy atom. The molecule has 23 heavy (non-hydrogen) atoms. The van der Waals surface area contributed by atoms with E-state index < -0.39 is 34.4 Å². The molecule has 1 fully saturated rings. The fraction of sp³-hybridized carbons (Fsp3) is 0.500. The zero-order chi connectivity index (χ0) is 17.2. The van der Waals surface area contributed by atoms with Crippen molar-refractivity contribution in [2.75, 3.05) is 18.1 Å². The van der Waals surface area contributed by atoms with Crippen LogP contribution >= 0.6 is 11.6 Å². The van der Waals surface area contributed by atoms with Crippen molar-refractivity contribution in [1.82, 2.24) is 10.3 Å². The molecule has 2 rings (SSSR count). The average Bonchev–Trinajstić information content (AvgIpc) is 2.74. The molecule has 0 unspecified atom stereocenters. The van der Waals surface area contributed by atoms with Crippen molar-refractivity contribution in [3.05, 3.63) is 28.0 Å². The molecular weight excluding hydrogens is 344 g/mol. The minimum atomic E-state index is -3.08. The summed E-state index contributed by atoms with van der Waals surface area (Å²) in [6, 6.07) is 1.25. The molecule has 1 amide bonds. The summed E-state index contributed by atoms with van der Waals surface area (Å²) in [7, 11) is -3.08. The summed E-state index contributed by atoms with van der Waals surface area (Å²) < 4.78 is 27.6. The van der Waals surface area contributed by atoms with Gasteiger partial charge in [-0.05, 0) is 31.9 Å². The fourth-order valence-electron chi connectivity index (χ4n) is 2.42. The number of esters is 1. The maximum atomic E-state index is 12.0. The first-order chi connectivity index (χ1) is 10.7. The van der Waals surface area contributed by atoms with Crippen LogP contribution in [-0.4, -0.2) is 49.4 Å². The summed E-state index contributed by atoms with van der Waals surface area (Å²) in [5.74, 6) is -1.32. The summed E-state index contributed by atoms with van der Waals surface area (Å²) in [4.78, 5) is 27.7. The zero-order valence-electron chi connectivity index (χ0n) is 12.8. The van der Waals surface area contributed by atoms with Crippen LogP contribution in [0.25, 0.3) is 0 Å². The molecular formula is C14H17ClN2O5S. The van der Waals surface area contributed by atoms with Crippen LogP contribution in [0.5, 0.6) is 0 Å². The van der Waals surface area contributed by atoms with Crippen LogP contribution < -0.4 is 5.32 Å². The maximum absolute atomic E-state index is 12.0. The Labute approximate surface area is 139 Å². The summed E-state index contributed by atoms with van der Waals surface area (Å²) in [5.41, 5.74) is 1.40. The van der Waals surface area contributed by atoms with Gasteiger partial charge in [0.05, 0.1) is 17.1 Å². The Balaban J connectivity index is 1.91. The van der Waals surface area contributed by atoms with Crippen LogP contribution in [0.1, 0.15) is 28.0 Å².